The largest absolute Gasteiger partial charge is 0.493 e. The van der Waals surface area contributed by atoms with Gasteiger partial charge in [0.2, 0.25) is 5.13 Å². The van der Waals surface area contributed by atoms with Gasteiger partial charge in [-0.3, -0.25) is 10.2 Å². The van der Waals surface area contributed by atoms with E-state index >= 15 is 0 Å². The summed E-state index contributed by atoms with van der Waals surface area (Å²) in [5.41, 5.74) is 9.12. The number of carbonyl (C=O) groups is 1. The lowest BCUT2D eigenvalue weighted by atomic mass is 10.2. The van der Waals surface area contributed by atoms with Gasteiger partial charge in [-0.1, -0.05) is 0 Å². The Labute approximate surface area is 137 Å². The molecular formula is C15H16N4O3S. The van der Waals surface area contributed by atoms with Gasteiger partial charge in [-0.2, -0.15) is 5.10 Å². The maximum Gasteiger partial charge on any atom is 0.314 e. The molecule has 1 aliphatic rings. The van der Waals surface area contributed by atoms with E-state index in [-0.39, 0.29) is 11.9 Å². The summed E-state index contributed by atoms with van der Waals surface area (Å²) < 4.78 is 10.6. The second-order valence-electron chi connectivity index (χ2n) is 5.05. The Morgan fingerprint density at radius 2 is 2.30 bits per heavy atom. The number of ether oxygens (including phenoxy) is 2. The Bertz CT molecular complexity index is 740. The van der Waals surface area contributed by atoms with Crippen molar-refractivity contribution < 1.29 is 14.3 Å². The van der Waals surface area contributed by atoms with Crippen molar-refractivity contribution >= 4 is 34.5 Å². The summed E-state index contributed by atoms with van der Waals surface area (Å²) in [5, 5.41) is 6.42. The van der Waals surface area contributed by atoms with Gasteiger partial charge in [0, 0.05) is 5.38 Å². The van der Waals surface area contributed by atoms with Gasteiger partial charge >= 0.3 is 5.97 Å². The first-order valence-corrected chi connectivity index (χ1v) is 7.93. The van der Waals surface area contributed by atoms with E-state index in [4.69, 9.17) is 15.2 Å². The zero-order chi connectivity index (χ0) is 16.2. The summed E-state index contributed by atoms with van der Waals surface area (Å²) in [6.07, 6.45) is 3.42. The fraction of sp³-hybridized carbons (Fsp3) is 0.267. The second kappa shape index (κ2) is 6.66. The summed E-state index contributed by atoms with van der Waals surface area (Å²) in [4.78, 5) is 15.8. The molecule has 0 amide bonds. The van der Waals surface area contributed by atoms with Gasteiger partial charge in [-0.05, 0) is 36.6 Å². The van der Waals surface area contributed by atoms with Gasteiger partial charge in [0.1, 0.15) is 5.82 Å². The summed E-state index contributed by atoms with van der Waals surface area (Å²) in [6, 6.07) is 5.23. The van der Waals surface area contributed by atoms with E-state index in [0.29, 0.717) is 22.4 Å². The highest BCUT2D eigenvalue weighted by atomic mass is 32.1. The molecule has 2 aromatic rings. The molecule has 1 aromatic heterocycles. The molecule has 0 spiro atoms. The maximum atomic E-state index is 11.7. The summed E-state index contributed by atoms with van der Waals surface area (Å²) >= 11 is 1.37. The number of anilines is 2. The van der Waals surface area contributed by atoms with Gasteiger partial charge in [0.15, 0.2) is 11.5 Å². The second-order valence-corrected chi connectivity index (χ2v) is 5.91. The number of aromatic nitrogens is 1. The van der Waals surface area contributed by atoms with E-state index in [2.05, 4.69) is 15.5 Å². The van der Waals surface area contributed by atoms with E-state index in [9.17, 15) is 4.79 Å². The summed E-state index contributed by atoms with van der Waals surface area (Å²) in [5.74, 6) is 1.20. The Morgan fingerprint density at radius 3 is 2.96 bits per heavy atom. The van der Waals surface area contributed by atoms with Crippen molar-refractivity contribution in [2.24, 2.45) is 11.0 Å². The SMILES string of the molecule is COc1cc(C=NNc2nc(N)cs2)ccc1OC(=O)C1CC1. The number of benzene rings is 1. The van der Waals surface area contributed by atoms with Crippen LogP contribution in [0.3, 0.4) is 0 Å². The first-order chi connectivity index (χ1) is 11.2. The third kappa shape index (κ3) is 3.98. The zero-order valence-electron chi connectivity index (χ0n) is 12.5. The van der Waals surface area contributed by atoms with Crippen LogP contribution in [0.5, 0.6) is 11.5 Å². The zero-order valence-corrected chi connectivity index (χ0v) is 13.3. The lowest BCUT2D eigenvalue weighted by Gasteiger charge is -2.09. The maximum absolute atomic E-state index is 11.7. The first kappa shape index (κ1) is 15.3. The molecule has 3 N–H and O–H groups in total. The summed E-state index contributed by atoms with van der Waals surface area (Å²) in [7, 11) is 1.53. The number of carbonyl (C=O) groups excluding carboxylic acids is 1. The molecule has 120 valence electrons. The Kier molecular flexibility index (Phi) is 4.42. The molecule has 7 nitrogen and oxygen atoms in total. The van der Waals surface area contributed by atoms with Crippen LogP contribution < -0.4 is 20.6 Å². The smallest absolute Gasteiger partial charge is 0.314 e. The van der Waals surface area contributed by atoms with Gasteiger partial charge in [-0.15, -0.1) is 11.3 Å². The molecule has 23 heavy (non-hydrogen) atoms. The van der Waals surface area contributed by atoms with Gasteiger partial charge in [0.05, 0.1) is 19.2 Å². The quantitative estimate of drug-likeness (QED) is 0.365. The molecule has 0 saturated heterocycles. The van der Waals surface area contributed by atoms with Crippen molar-refractivity contribution in [1.82, 2.24) is 4.98 Å². The average Bonchev–Trinajstić information content (AvgIpc) is 3.32. The molecule has 1 fully saturated rings. The normalized spacial score (nSPS) is 14.0. The fourth-order valence-corrected chi connectivity index (χ4v) is 2.41. The number of methoxy groups -OCH3 is 1. The van der Waals surface area contributed by atoms with Crippen LogP contribution in [-0.4, -0.2) is 24.3 Å². The van der Waals surface area contributed by atoms with Crippen LogP contribution in [0.2, 0.25) is 0 Å². The number of rotatable bonds is 6. The van der Waals surface area contributed by atoms with Crippen LogP contribution in [0.15, 0.2) is 28.7 Å². The number of nitrogens with one attached hydrogen (secondary N) is 1. The van der Waals surface area contributed by atoms with Gasteiger partial charge < -0.3 is 15.2 Å². The highest BCUT2D eigenvalue weighted by molar-refractivity contribution is 7.14. The van der Waals surface area contributed by atoms with Crippen LogP contribution in [0.1, 0.15) is 18.4 Å². The van der Waals surface area contributed by atoms with E-state index in [0.717, 1.165) is 18.4 Å². The fourth-order valence-electron chi connectivity index (χ4n) is 1.86. The average molecular weight is 332 g/mol. The molecule has 0 unspecified atom stereocenters. The highest BCUT2D eigenvalue weighted by Crippen LogP contribution is 2.34. The van der Waals surface area contributed by atoms with E-state index in [1.54, 1.807) is 29.8 Å². The molecule has 0 bridgehead atoms. The van der Waals surface area contributed by atoms with Crippen molar-refractivity contribution in [3.63, 3.8) is 0 Å². The van der Waals surface area contributed by atoms with Crippen molar-refractivity contribution in [3.8, 4) is 11.5 Å². The molecule has 0 atom stereocenters. The van der Waals surface area contributed by atoms with Crippen molar-refractivity contribution in [2.75, 3.05) is 18.3 Å². The van der Waals surface area contributed by atoms with Gasteiger partial charge in [0.25, 0.3) is 0 Å². The number of nitrogen functional groups attached to an aromatic ring is 1. The Balaban J connectivity index is 1.66. The molecule has 0 aliphatic heterocycles. The minimum atomic E-state index is -0.201. The van der Waals surface area contributed by atoms with Crippen molar-refractivity contribution in [1.29, 1.82) is 0 Å². The Morgan fingerprint density at radius 1 is 1.48 bits per heavy atom. The highest BCUT2D eigenvalue weighted by Gasteiger charge is 2.32. The van der Waals surface area contributed by atoms with Crippen LogP contribution >= 0.6 is 11.3 Å². The van der Waals surface area contributed by atoms with Crippen LogP contribution in [0.4, 0.5) is 10.9 Å². The number of esters is 1. The Hall–Kier alpha value is -2.61. The minimum absolute atomic E-state index is 0.0378. The predicted molar refractivity (Wildman–Crippen MR) is 89.1 cm³/mol. The number of hydrogen-bond acceptors (Lipinski definition) is 8. The third-order valence-electron chi connectivity index (χ3n) is 3.20. The minimum Gasteiger partial charge on any atom is -0.493 e. The molecule has 8 heteroatoms. The molecular weight excluding hydrogens is 316 g/mol. The number of nitrogens with two attached hydrogens (primary N) is 1. The lowest BCUT2D eigenvalue weighted by molar-refractivity contribution is -0.135. The topological polar surface area (TPSA) is 98.8 Å². The number of hydrazone groups is 1. The molecule has 3 rings (SSSR count). The van der Waals surface area contributed by atoms with E-state index in [1.165, 1.54) is 18.4 Å². The number of hydrogen-bond donors (Lipinski definition) is 2. The third-order valence-corrected chi connectivity index (χ3v) is 3.97. The van der Waals surface area contributed by atoms with E-state index < -0.39 is 0 Å². The van der Waals surface area contributed by atoms with Crippen LogP contribution in [0.25, 0.3) is 0 Å². The monoisotopic (exact) mass is 332 g/mol. The molecule has 1 aromatic carbocycles. The van der Waals surface area contributed by atoms with Gasteiger partial charge in [-0.25, -0.2) is 4.98 Å². The first-order valence-electron chi connectivity index (χ1n) is 7.05. The van der Waals surface area contributed by atoms with E-state index in [1.807, 2.05) is 0 Å². The molecule has 1 saturated carbocycles. The number of thiazole rings is 1. The summed E-state index contributed by atoms with van der Waals surface area (Å²) in [6.45, 7) is 0. The van der Waals surface area contributed by atoms with Crippen LogP contribution in [0, 0.1) is 5.92 Å². The standard InChI is InChI=1S/C15H16N4O3S/c1-21-12-6-9(7-17-19-15-18-13(16)8-23-15)2-5-11(12)22-14(20)10-3-4-10/h2,5-8,10H,3-4,16H2,1H3,(H,18,19). The molecule has 0 radical (unpaired) electrons. The van der Waals surface area contributed by atoms with Crippen molar-refractivity contribution in [3.05, 3.63) is 29.1 Å². The molecule has 1 heterocycles. The lowest BCUT2D eigenvalue weighted by Crippen LogP contribution is -2.10. The van der Waals surface area contributed by atoms with Crippen molar-refractivity contribution in [2.45, 2.75) is 12.8 Å². The molecule has 1 aliphatic carbocycles. The van der Waals surface area contributed by atoms with Crippen LogP contribution in [-0.2, 0) is 4.79 Å². The predicted octanol–water partition coefficient (Wildman–Crippen LogP) is 2.50. The number of nitrogens with zero attached hydrogens (tertiary/aromatic N) is 2.